The summed E-state index contributed by atoms with van der Waals surface area (Å²) in [4.78, 5) is 0.400. The van der Waals surface area contributed by atoms with Crippen LogP contribution in [0.4, 0.5) is 0 Å². The topological polar surface area (TPSA) is 33.0 Å². The molecule has 1 aliphatic heterocycles. The van der Waals surface area contributed by atoms with Crippen molar-refractivity contribution in [1.29, 1.82) is 5.26 Å². The summed E-state index contributed by atoms with van der Waals surface area (Å²) in [6.07, 6.45) is 1.68. The molecule has 0 bridgehead atoms. The predicted octanol–water partition coefficient (Wildman–Crippen LogP) is 1.45. The second-order valence-corrected chi connectivity index (χ2v) is 3.25. The molecule has 0 aromatic rings. The third-order valence-electron chi connectivity index (χ3n) is 1.42. The summed E-state index contributed by atoms with van der Waals surface area (Å²) < 4.78 is 5.24. The first-order chi connectivity index (χ1) is 4.34. The molecule has 1 fully saturated rings. The van der Waals surface area contributed by atoms with Gasteiger partial charge in [0.1, 0.15) is 0 Å². The minimum atomic E-state index is 0.134. The summed E-state index contributed by atoms with van der Waals surface area (Å²) in [6.45, 7) is 0.794. The number of nitriles is 1. The molecule has 0 aromatic carbocycles. The Morgan fingerprint density at radius 3 is 3.00 bits per heavy atom. The van der Waals surface area contributed by atoms with Gasteiger partial charge in [-0.25, -0.2) is 0 Å². The van der Waals surface area contributed by atoms with Crippen molar-refractivity contribution < 1.29 is 4.74 Å². The molecule has 0 radical (unpaired) electrons. The van der Waals surface area contributed by atoms with E-state index in [1.54, 1.807) is 0 Å². The zero-order chi connectivity index (χ0) is 6.69. The molecule has 9 heavy (non-hydrogen) atoms. The molecule has 1 saturated heterocycles. The molecular weight excluding hydrogens is 182 g/mol. The van der Waals surface area contributed by atoms with Crippen LogP contribution in [0.1, 0.15) is 12.8 Å². The van der Waals surface area contributed by atoms with E-state index in [2.05, 4.69) is 22.0 Å². The highest BCUT2D eigenvalue weighted by molar-refractivity contribution is 9.09. The standard InChI is InChI=1S/C6H8BrNO/c7-5-2-4-9-6(5)1-3-8/h5-6H,1-2,4H2. The van der Waals surface area contributed by atoms with E-state index in [1.807, 2.05) is 0 Å². The van der Waals surface area contributed by atoms with E-state index in [1.165, 1.54) is 0 Å². The average Bonchev–Trinajstić information content (AvgIpc) is 2.18. The molecule has 2 atom stereocenters. The molecule has 2 unspecified atom stereocenters. The van der Waals surface area contributed by atoms with Crippen molar-refractivity contribution in [3.05, 3.63) is 0 Å². The lowest BCUT2D eigenvalue weighted by atomic mass is 10.2. The number of ether oxygens (including phenoxy) is 1. The molecule has 0 aliphatic carbocycles. The quantitative estimate of drug-likeness (QED) is 0.586. The van der Waals surface area contributed by atoms with Crippen LogP contribution >= 0.6 is 15.9 Å². The molecule has 0 saturated carbocycles. The van der Waals surface area contributed by atoms with Gasteiger partial charge in [-0.05, 0) is 6.42 Å². The number of rotatable bonds is 1. The van der Waals surface area contributed by atoms with Crippen molar-refractivity contribution in [3.8, 4) is 6.07 Å². The Morgan fingerprint density at radius 1 is 1.78 bits per heavy atom. The summed E-state index contributed by atoms with van der Waals surface area (Å²) in [7, 11) is 0. The van der Waals surface area contributed by atoms with Gasteiger partial charge in [-0.1, -0.05) is 15.9 Å². The highest BCUT2D eigenvalue weighted by Crippen LogP contribution is 2.22. The van der Waals surface area contributed by atoms with Crippen molar-refractivity contribution in [2.75, 3.05) is 6.61 Å². The van der Waals surface area contributed by atoms with E-state index in [-0.39, 0.29) is 6.10 Å². The molecule has 0 amide bonds. The fourth-order valence-electron chi connectivity index (χ4n) is 0.899. The molecule has 50 valence electrons. The molecule has 0 N–H and O–H groups in total. The molecule has 1 heterocycles. The van der Waals surface area contributed by atoms with Crippen LogP contribution < -0.4 is 0 Å². The number of halogens is 1. The van der Waals surface area contributed by atoms with Crippen LogP contribution in [-0.2, 0) is 4.74 Å². The zero-order valence-corrected chi connectivity index (χ0v) is 6.60. The van der Waals surface area contributed by atoms with Gasteiger partial charge >= 0.3 is 0 Å². The molecule has 1 rings (SSSR count). The van der Waals surface area contributed by atoms with Gasteiger partial charge in [0.25, 0.3) is 0 Å². The fourth-order valence-corrected chi connectivity index (χ4v) is 1.43. The average molecular weight is 190 g/mol. The first-order valence-electron chi connectivity index (χ1n) is 2.97. The maximum atomic E-state index is 8.29. The van der Waals surface area contributed by atoms with Gasteiger partial charge in [-0.2, -0.15) is 5.26 Å². The Kier molecular flexibility index (Phi) is 2.49. The van der Waals surface area contributed by atoms with Crippen LogP contribution in [0.5, 0.6) is 0 Å². The minimum absolute atomic E-state index is 0.134. The van der Waals surface area contributed by atoms with Crippen molar-refractivity contribution in [2.24, 2.45) is 0 Å². The van der Waals surface area contributed by atoms with Crippen molar-refractivity contribution in [1.82, 2.24) is 0 Å². The first-order valence-corrected chi connectivity index (χ1v) is 3.89. The SMILES string of the molecule is N#CCC1OCCC1Br. The van der Waals surface area contributed by atoms with Gasteiger partial charge in [0.15, 0.2) is 0 Å². The van der Waals surface area contributed by atoms with Crippen LogP contribution in [0.15, 0.2) is 0 Å². The molecule has 1 aliphatic rings. The van der Waals surface area contributed by atoms with Gasteiger partial charge in [0.2, 0.25) is 0 Å². The summed E-state index contributed by atoms with van der Waals surface area (Å²) in [5, 5.41) is 8.29. The maximum Gasteiger partial charge on any atom is 0.0830 e. The van der Waals surface area contributed by atoms with E-state index < -0.39 is 0 Å². The van der Waals surface area contributed by atoms with E-state index >= 15 is 0 Å². The lowest BCUT2D eigenvalue weighted by Crippen LogP contribution is -2.13. The molecule has 0 spiro atoms. The van der Waals surface area contributed by atoms with Gasteiger partial charge < -0.3 is 4.74 Å². The lowest BCUT2D eigenvalue weighted by Gasteiger charge is -2.06. The van der Waals surface area contributed by atoms with Crippen molar-refractivity contribution in [3.63, 3.8) is 0 Å². The van der Waals surface area contributed by atoms with Gasteiger partial charge in [-0.3, -0.25) is 0 Å². The highest BCUT2D eigenvalue weighted by atomic mass is 79.9. The Labute approximate surface area is 62.9 Å². The summed E-state index contributed by atoms with van der Waals surface area (Å²) in [5.74, 6) is 0. The first kappa shape index (κ1) is 7.04. The molecule has 0 aromatic heterocycles. The molecular formula is C6H8BrNO. The van der Waals surface area contributed by atoms with Crippen molar-refractivity contribution in [2.45, 2.75) is 23.8 Å². The maximum absolute atomic E-state index is 8.29. The van der Waals surface area contributed by atoms with Crippen LogP contribution in [0, 0.1) is 11.3 Å². The van der Waals surface area contributed by atoms with Gasteiger partial charge in [0.05, 0.1) is 18.6 Å². The minimum Gasteiger partial charge on any atom is -0.376 e. The number of alkyl halides is 1. The predicted molar refractivity (Wildman–Crippen MR) is 37.3 cm³/mol. The lowest BCUT2D eigenvalue weighted by molar-refractivity contribution is 0.117. The van der Waals surface area contributed by atoms with Crippen LogP contribution in [0.3, 0.4) is 0 Å². The number of hydrogen-bond acceptors (Lipinski definition) is 2. The Hall–Kier alpha value is -0.0700. The largest absolute Gasteiger partial charge is 0.376 e. The van der Waals surface area contributed by atoms with Crippen molar-refractivity contribution >= 4 is 15.9 Å². The third-order valence-corrected chi connectivity index (χ3v) is 2.47. The summed E-state index contributed by atoms with van der Waals surface area (Å²) in [6, 6.07) is 2.09. The summed E-state index contributed by atoms with van der Waals surface area (Å²) in [5.41, 5.74) is 0. The van der Waals surface area contributed by atoms with Crippen LogP contribution in [0.25, 0.3) is 0 Å². The normalized spacial score (nSPS) is 34.2. The van der Waals surface area contributed by atoms with Gasteiger partial charge in [0, 0.05) is 11.4 Å². The van der Waals surface area contributed by atoms with Crippen LogP contribution in [-0.4, -0.2) is 17.5 Å². The monoisotopic (exact) mass is 189 g/mol. The number of hydrogen-bond donors (Lipinski definition) is 0. The Balaban J connectivity index is 2.33. The van der Waals surface area contributed by atoms with Gasteiger partial charge in [-0.15, -0.1) is 0 Å². The Bertz CT molecular complexity index is 132. The third kappa shape index (κ3) is 1.67. The van der Waals surface area contributed by atoms with E-state index in [9.17, 15) is 0 Å². The second kappa shape index (κ2) is 3.19. The van der Waals surface area contributed by atoms with Crippen LogP contribution in [0.2, 0.25) is 0 Å². The Morgan fingerprint density at radius 2 is 2.56 bits per heavy atom. The zero-order valence-electron chi connectivity index (χ0n) is 5.01. The highest BCUT2D eigenvalue weighted by Gasteiger charge is 2.24. The van der Waals surface area contributed by atoms with E-state index in [4.69, 9.17) is 10.00 Å². The van der Waals surface area contributed by atoms with E-state index in [0.29, 0.717) is 11.2 Å². The summed E-state index contributed by atoms with van der Waals surface area (Å²) >= 11 is 3.43. The fraction of sp³-hybridized carbons (Fsp3) is 0.833. The number of nitrogens with zero attached hydrogens (tertiary/aromatic N) is 1. The van der Waals surface area contributed by atoms with E-state index in [0.717, 1.165) is 13.0 Å². The smallest absolute Gasteiger partial charge is 0.0830 e. The molecule has 3 heteroatoms. The molecule has 2 nitrogen and oxygen atoms in total. The second-order valence-electron chi connectivity index (χ2n) is 2.08.